The summed E-state index contributed by atoms with van der Waals surface area (Å²) in [6.07, 6.45) is 3.22. The van der Waals surface area contributed by atoms with Gasteiger partial charge >= 0.3 is 0 Å². The molecule has 26 heavy (non-hydrogen) atoms. The van der Waals surface area contributed by atoms with Crippen molar-refractivity contribution in [2.24, 2.45) is 5.92 Å². The normalized spacial score (nSPS) is 13.7. The summed E-state index contributed by atoms with van der Waals surface area (Å²) < 4.78 is 23.4. The molecule has 0 aliphatic carbocycles. The lowest BCUT2D eigenvalue weighted by molar-refractivity contribution is -0.134. The Hall–Kier alpha value is -1.97. The number of pyridine rings is 1. The van der Waals surface area contributed by atoms with Gasteiger partial charge in [0.15, 0.2) is 0 Å². The number of nitrogens with zero attached hydrogens (tertiary/aromatic N) is 2. The van der Waals surface area contributed by atoms with Gasteiger partial charge in [0.2, 0.25) is 0 Å². The van der Waals surface area contributed by atoms with Gasteiger partial charge in [-0.05, 0) is 36.6 Å². The molecule has 4 N–H and O–H groups in total. The van der Waals surface area contributed by atoms with Gasteiger partial charge < -0.3 is 0 Å². The van der Waals surface area contributed by atoms with E-state index in [1.54, 1.807) is 68.1 Å². The molecule has 2 aromatic rings. The molecule has 142 valence electrons. The number of aryl methyl sites for hydroxylation is 1. The summed E-state index contributed by atoms with van der Waals surface area (Å²) in [5.74, 6) is -0.980. The van der Waals surface area contributed by atoms with Crippen LogP contribution in [0.3, 0.4) is 0 Å². The molecule has 0 radical (unpaired) electrons. The highest BCUT2D eigenvalue weighted by atomic mass is 32.3. The van der Waals surface area contributed by atoms with Crippen LogP contribution in [0.15, 0.2) is 53.7 Å². The van der Waals surface area contributed by atoms with Crippen molar-refractivity contribution < 1.29 is 19.1 Å². The Morgan fingerprint density at radius 1 is 1.23 bits per heavy atom. The largest absolute Gasteiger partial charge is 0.289 e. The molecule has 1 heterocycles. The van der Waals surface area contributed by atoms with Gasteiger partial charge in [-0.15, -0.1) is 10.8 Å². The molecule has 8 heteroatoms. The first-order valence-electron chi connectivity index (χ1n) is 8.22. The number of hydrogen-bond donors (Lipinski definition) is 4. The van der Waals surface area contributed by atoms with Crippen LogP contribution < -0.4 is 5.48 Å². The Morgan fingerprint density at radius 2 is 1.88 bits per heavy atom. The molecule has 0 fully saturated rings. The average molecular weight is 379 g/mol. The van der Waals surface area contributed by atoms with Crippen molar-refractivity contribution in [3.05, 3.63) is 59.9 Å². The van der Waals surface area contributed by atoms with Crippen molar-refractivity contribution in [2.45, 2.75) is 38.3 Å². The summed E-state index contributed by atoms with van der Waals surface area (Å²) in [5, 5.41) is 9.15. The monoisotopic (exact) mass is 379 g/mol. The fraction of sp³-hybridized carbons (Fsp3) is 0.333. The first kappa shape index (κ1) is 20.3. The van der Waals surface area contributed by atoms with Crippen LogP contribution in [0.1, 0.15) is 25.0 Å². The zero-order valence-corrected chi connectivity index (χ0v) is 15.8. The highest BCUT2D eigenvalue weighted by Crippen LogP contribution is 2.54. The highest BCUT2D eigenvalue weighted by Gasteiger charge is 2.38. The Labute approximate surface area is 155 Å². The van der Waals surface area contributed by atoms with Crippen LogP contribution in [0.2, 0.25) is 0 Å². The first-order chi connectivity index (χ1) is 12.3. The van der Waals surface area contributed by atoms with E-state index in [0.29, 0.717) is 4.90 Å². The molecule has 0 aliphatic rings. The number of aromatic nitrogens is 1. The molecule has 1 aromatic carbocycles. The number of carbonyl (C=O) groups is 1. The van der Waals surface area contributed by atoms with Gasteiger partial charge in [0, 0.05) is 18.9 Å². The molecule has 1 amide bonds. The van der Waals surface area contributed by atoms with Crippen LogP contribution in [0.25, 0.3) is 0 Å². The van der Waals surface area contributed by atoms with Crippen molar-refractivity contribution in [1.29, 1.82) is 0 Å². The Balaban J connectivity index is 2.50. The molecule has 0 unspecified atom stereocenters. The molecule has 0 spiro atoms. The van der Waals surface area contributed by atoms with Crippen LogP contribution >= 0.6 is 10.8 Å². The number of benzene rings is 1. The summed E-state index contributed by atoms with van der Waals surface area (Å²) in [6, 6.07) is 9.40. The van der Waals surface area contributed by atoms with Gasteiger partial charge in [-0.25, -0.2) is 5.48 Å². The van der Waals surface area contributed by atoms with E-state index in [1.807, 2.05) is 6.92 Å². The molecular formula is C18H25N3O4S. The number of rotatable bonds is 7. The van der Waals surface area contributed by atoms with Crippen molar-refractivity contribution in [1.82, 2.24) is 14.8 Å². The third-order valence-electron chi connectivity index (χ3n) is 4.05. The molecular weight excluding hydrogens is 354 g/mol. The second-order valence-corrected chi connectivity index (χ2v) is 8.41. The minimum atomic E-state index is -3.48. The molecule has 1 atom stereocenters. The lowest BCUT2D eigenvalue weighted by atomic mass is 10.0. The number of amides is 1. The van der Waals surface area contributed by atoms with Crippen molar-refractivity contribution in [2.75, 3.05) is 0 Å². The van der Waals surface area contributed by atoms with Crippen molar-refractivity contribution in [3.63, 3.8) is 0 Å². The maximum atomic E-state index is 12.3. The quantitative estimate of drug-likeness (QED) is 0.434. The van der Waals surface area contributed by atoms with Crippen molar-refractivity contribution in [3.8, 4) is 0 Å². The molecule has 0 bridgehead atoms. The minimum absolute atomic E-state index is 0.0836. The molecule has 7 nitrogen and oxygen atoms in total. The van der Waals surface area contributed by atoms with Crippen LogP contribution in [0.4, 0.5) is 0 Å². The van der Waals surface area contributed by atoms with Crippen LogP contribution in [0.5, 0.6) is 0 Å². The summed E-state index contributed by atoms with van der Waals surface area (Å²) in [4.78, 5) is 16.6. The van der Waals surface area contributed by atoms with Gasteiger partial charge in [-0.2, -0.15) is 4.31 Å². The number of carbonyl (C=O) groups excluding carboxylic acids is 1. The predicted molar refractivity (Wildman–Crippen MR) is 101 cm³/mol. The highest BCUT2D eigenvalue weighted by molar-refractivity contribution is 8.22. The van der Waals surface area contributed by atoms with Gasteiger partial charge in [-0.3, -0.25) is 24.1 Å². The smallest absolute Gasteiger partial charge is 0.262 e. The molecule has 2 rings (SSSR count). The van der Waals surface area contributed by atoms with Crippen LogP contribution in [-0.2, 0) is 11.3 Å². The van der Waals surface area contributed by atoms with Gasteiger partial charge in [-0.1, -0.05) is 37.6 Å². The topological polar surface area (TPSA) is 106 Å². The van der Waals surface area contributed by atoms with E-state index in [2.05, 4.69) is 4.98 Å². The second kappa shape index (κ2) is 8.61. The summed E-state index contributed by atoms with van der Waals surface area (Å²) in [7, 11) is -3.48. The Bertz CT molecular complexity index is 723. The fourth-order valence-electron chi connectivity index (χ4n) is 2.71. The van der Waals surface area contributed by atoms with E-state index in [1.165, 1.54) is 4.31 Å². The van der Waals surface area contributed by atoms with E-state index >= 15 is 0 Å². The summed E-state index contributed by atoms with van der Waals surface area (Å²) in [6.45, 7) is 5.54. The van der Waals surface area contributed by atoms with E-state index in [4.69, 9.17) is 5.21 Å². The SMILES string of the molecule is Cc1ccc(S(O)(O)N(Cc2cccnc2)[C@H](C(=O)NO)C(C)C)cc1. The van der Waals surface area contributed by atoms with Crippen LogP contribution in [0, 0.1) is 12.8 Å². The number of hydrogen-bond acceptors (Lipinski definition) is 6. The van der Waals surface area contributed by atoms with Gasteiger partial charge in [0.1, 0.15) is 6.04 Å². The maximum absolute atomic E-state index is 12.3. The third-order valence-corrected chi connectivity index (χ3v) is 5.96. The maximum Gasteiger partial charge on any atom is 0.262 e. The van der Waals surface area contributed by atoms with Crippen LogP contribution in [-0.4, -0.2) is 35.6 Å². The molecule has 0 aliphatic heterocycles. The summed E-state index contributed by atoms with van der Waals surface area (Å²) >= 11 is 0. The first-order valence-corrected chi connectivity index (χ1v) is 9.72. The molecule has 1 aromatic heterocycles. The lowest BCUT2D eigenvalue weighted by Crippen LogP contribution is -2.49. The third kappa shape index (κ3) is 4.60. The Kier molecular flexibility index (Phi) is 6.74. The summed E-state index contributed by atoms with van der Waals surface area (Å²) in [5.41, 5.74) is 3.34. The van der Waals surface area contributed by atoms with E-state index in [0.717, 1.165) is 11.1 Å². The number of nitrogens with one attached hydrogen (secondary N) is 1. The lowest BCUT2D eigenvalue weighted by Gasteiger charge is -2.47. The zero-order valence-electron chi connectivity index (χ0n) is 15.0. The zero-order chi connectivity index (χ0) is 19.3. The standard InChI is InChI=1S/C18H25N3O4S/c1-13(2)17(18(22)20-23)21(12-15-5-4-10-19-11-15)26(24,25)16-8-6-14(3)7-9-16/h4-11,13,17,23-25H,12H2,1-3H3,(H,20,22)/t17-/m0/s1. The van der Waals surface area contributed by atoms with E-state index in [-0.39, 0.29) is 12.5 Å². The van der Waals surface area contributed by atoms with Crippen molar-refractivity contribution >= 4 is 16.7 Å². The predicted octanol–water partition coefficient (Wildman–Crippen LogP) is 3.45. The second-order valence-electron chi connectivity index (χ2n) is 6.43. The van der Waals surface area contributed by atoms with Gasteiger partial charge in [0.25, 0.3) is 5.91 Å². The minimum Gasteiger partial charge on any atom is -0.289 e. The fourth-order valence-corrected chi connectivity index (χ4v) is 4.46. The number of hydroxylamine groups is 1. The molecule has 0 saturated carbocycles. The van der Waals surface area contributed by atoms with Gasteiger partial charge in [0.05, 0.1) is 4.90 Å². The van der Waals surface area contributed by atoms with E-state index in [9.17, 15) is 13.9 Å². The molecule has 0 saturated heterocycles. The van der Waals surface area contributed by atoms with E-state index < -0.39 is 22.7 Å². The average Bonchev–Trinajstić information content (AvgIpc) is 2.62. The Morgan fingerprint density at radius 3 is 2.38 bits per heavy atom.